The van der Waals surface area contributed by atoms with Crippen LogP contribution in [0.25, 0.3) is 0 Å². The fraction of sp³-hybridized carbons (Fsp3) is 0.800. The average Bonchev–Trinajstić information content (AvgIpc) is 2.00. The highest BCUT2D eigenvalue weighted by Crippen LogP contribution is 2.01. The van der Waals surface area contributed by atoms with Crippen LogP contribution < -0.4 is 10.6 Å². The highest BCUT2D eigenvalue weighted by Gasteiger charge is 2.22. The molecule has 0 rings (SSSR count). The zero-order chi connectivity index (χ0) is 12.2. The SMILES string of the molecule is CC(NC(=O)C(C)NC(C)(C)C)C(=O)O.Cl. The van der Waals surface area contributed by atoms with Gasteiger partial charge in [-0.2, -0.15) is 0 Å². The second-order valence-corrected chi connectivity index (χ2v) is 4.68. The lowest BCUT2D eigenvalue weighted by atomic mass is 10.1. The van der Waals surface area contributed by atoms with E-state index in [2.05, 4.69) is 10.6 Å². The molecule has 2 atom stereocenters. The summed E-state index contributed by atoms with van der Waals surface area (Å²) in [5, 5.41) is 14.1. The van der Waals surface area contributed by atoms with E-state index in [9.17, 15) is 9.59 Å². The Bertz CT molecular complexity index is 251. The lowest BCUT2D eigenvalue weighted by molar-refractivity contribution is -0.141. The van der Waals surface area contributed by atoms with Crippen molar-refractivity contribution in [3.05, 3.63) is 0 Å². The van der Waals surface area contributed by atoms with Crippen LogP contribution >= 0.6 is 12.4 Å². The Kier molecular flexibility index (Phi) is 7.37. The van der Waals surface area contributed by atoms with Crippen LogP contribution in [-0.2, 0) is 9.59 Å². The molecule has 2 unspecified atom stereocenters. The van der Waals surface area contributed by atoms with Gasteiger partial charge in [0.05, 0.1) is 6.04 Å². The Morgan fingerprint density at radius 2 is 1.56 bits per heavy atom. The van der Waals surface area contributed by atoms with Crippen molar-refractivity contribution in [2.75, 3.05) is 0 Å². The number of rotatable bonds is 4. The van der Waals surface area contributed by atoms with Crippen molar-refractivity contribution < 1.29 is 14.7 Å². The van der Waals surface area contributed by atoms with Crippen molar-refractivity contribution in [2.24, 2.45) is 0 Å². The van der Waals surface area contributed by atoms with E-state index in [4.69, 9.17) is 5.11 Å². The molecule has 0 radical (unpaired) electrons. The van der Waals surface area contributed by atoms with Crippen LogP contribution in [0.15, 0.2) is 0 Å². The summed E-state index contributed by atoms with van der Waals surface area (Å²) in [6.45, 7) is 8.96. The van der Waals surface area contributed by atoms with Gasteiger partial charge in [0.25, 0.3) is 0 Å². The molecule has 0 aromatic rings. The highest BCUT2D eigenvalue weighted by atomic mass is 35.5. The molecule has 0 aromatic heterocycles. The van der Waals surface area contributed by atoms with Gasteiger partial charge in [-0.05, 0) is 34.6 Å². The van der Waals surface area contributed by atoms with Crippen LogP contribution in [0.5, 0.6) is 0 Å². The first-order chi connectivity index (χ1) is 6.63. The third-order valence-electron chi connectivity index (χ3n) is 1.77. The van der Waals surface area contributed by atoms with Crippen molar-refractivity contribution in [1.82, 2.24) is 10.6 Å². The van der Waals surface area contributed by atoms with Gasteiger partial charge in [-0.3, -0.25) is 9.59 Å². The molecule has 0 aromatic carbocycles. The molecule has 0 saturated carbocycles. The molecule has 0 fully saturated rings. The number of carboxylic acid groups (broad SMARTS) is 1. The normalized spacial score (nSPS) is 14.6. The smallest absolute Gasteiger partial charge is 0.325 e. The van der Waals surface area contributed by atoms with Crippen molar-refractivity contribution >= 4 is 24.3 Å². The summed E-state index contributed by atoms with van der Waals surface area (Å²) in [5.74, 6) is -1.34. The Morgan fingerprint density at radius 3 is 1.88 bits per heavy atom. The van der Waals surface area contributed by atoms with E-state index >= 15 is 0 Å². The largest absolute Gasteiger partial charge is 0.480 e. The fourth-order valence-corrected chi connectivity index (χ4v) is 1.12. The fourth-order valence-electron chi connectivity index (χ4n) is 1.12. The summed E-state index contributed by atoms with van der Waals surface area (Å²) in [4.78, 5) is 22.0. The minimum atomic E-state index is -1.04. The second kappa shape index (κ2) is 6.70. The molecule has 16 heavy (non-hydrogen) atoms. The number of nitrogens with one attached hydrogen (secondary N) is 2. The summed E-state index contributed by atoms with van der Waals surface area (Å²) in [6.07, 6.45) is 0. The van der Waals surface area contributed by atoms with Gasteiger partial charge < -0.3 is 15.7 Å². The van der Waals surface area contributed by atoms with E-state index in [0.717, 1.165) is 0 Å². The van der Waals surface area contributed by atoms with E-state index in [1.54, 1.807) is 6.92 Å². The Hall–Kier alpha value is -0.810. The number of carboxylic acids is 1. The number of carbonyl (C=O) groups excluding carboxylic acids is 1. The van der Waals surface area contributed by atoms with Gasteiger partial charge in [0, 0.05) is 5.54 Å². The molecular formula is C10H21ClN2O3. The molecule has 6 heteroatoms. The van der Waals surface area contributed by atoms with Gasteiger partial charge in [0.15, 0.2) is 0 Å². The Labute approximate surface area is 102 Å². The first kappa shape index (κ1) is 17.6. The first-order valence-corrected chi connectivity index (χ1v) is 4.94. The highest BCUT2D eigenvalue weighted by molar-refractivity contribution is 5.86. The van der Waals surface area contributed by atoms with E-state index in [-0.39, 0.29) is 23.9 Å². The molecule has 3 N–H and O–H groups in total. The van der Waals surface area contributed by atoms with E-state index in [1.165, 1.54) is 6.92 Å². The van der Waals surface area contributed by atoms with Gasteiger partial charge in [0.1, 0.15) is 6.04 Å². The van der Waals surface area contributed by atoms with Crippen LogP contribution in [0.3, 0.4) is 0 Å². The topological polar surface area (TPSA) is 78.4 Å². The maximum Gasteiger partial charge on any atom is 0.325 e. The van der Waals surface area contributed by atoms with Crippen LogP contribution in [0, 0.1) is 0 Å². The third-order valence-corrected chi connectivity index (χ3v) is 1.77. The summed E-state index contributed by atoms with van der Waals surface area (Å²) >= 11 is 0. The third kappa shape index (κ3) is 7.48. The van der Waals surface area contributed by atoms with Crippen LogP contribution in [0.1, 0.15) is 34.6 Å². The zero-order valence-corrected chi connectivity index (χ0v) is 11.1. The summed E-state index contributed by atoms with van der Waals surface area (Å²) in [5.41, 5.74) is -0.177. The van der Waals surface area contributed by atoms with E-state index < -0.39 is 18.1 Å². The number of hydrogen-bond donors (Lipinski definition) is 3. The average molecular weight is 253 g/mol. The van der Waals surface area contributed by atoms with Gasteiger partial charge in [-0.1, -0.05) is 0 Å². The van der Waals surface area contributed by atoms with Crippen molar-refractivity contribution in [3.63, 3.8) is 0 Å². The predicted molar refractivity (Wildman–Crippen MR) is 64.8 cm³/mol. The molecule has 0 aliphatic carbocycles. The minimum Gasteiger partial charge on any atom is -0.480 e. The maximum atomic E-state index is 11.5. The second-order valence-electron chi connectivity index (χ2n) is 4.68. The van der Waals surface area contributed by atoms with E-state index in [0.29, 0.717) is 0 Å². The molecule has 5 nitrogen and oxygen atoms in total. The quantitative estimate of drug-likeness (QED) is 0.691. The molecule has 0 aliphatic heterocycles. The van der Waals surface area contributed by atoms with Crippen molar-refractivity contribution in [2.45, 2.75) is 52.2 Å². The predicted octanol–water partition coefficient (Wildman–Crippen LogP) is 0.774. The Morgan fingerprint density at radius 1 is 1.12 bits per heavy atom. The van der Waals surface area contributed by atoms with Crippen molar-refractivity contribution in [1.29, 1.82) is 0 Å². The summed E-state index contributed by atoms with van der Waals surface area (Å²) < 4.78 is 0. The van der Waals surface area contributed by atoms with E-state index in [1.807, 2.05) is 20.8 Å². The minimum absolute atomic E-state index is 0. The number of amides is 1. The van der Waals surface area contributed by atoms with Crippen LogP contribution in [0.2, 0.25) is 0 Å². The van der Waals surface area contributed by atoms with Crippen molar-refractivity contribution in [3.8, 4) is 0 Å². The standard InChI is InChI=1S/C10H20N2O3.ClH/c1-6(12-10(3,4)5)8(13)11-7(2)9(14)15;/h6-7,12H,1-5H3,(H,11,13)(H,14,15);1H. The number of aliphatic carboxylic acids is 1. The molecule has 0 spiro atoms. The molecule has 0 saturated heterocycles. The molecular weight excluding hydrogens is 232 g/mol. The molecule has 96 valence electrons. The van der Waals surface area contributed by atoms with Crippen LogP contribution in [-0.4, -0.2) is 34.6 Å². The first-order valence-electron chi connectivity index (χ1n) is 4.94. The lowest BCUT2D eigenvalue weighted by Crippen LogP contribution is -2.52. The van der Waals surface area contributed by atoms with Gasteiger partial charge >= 0.3 is 5.97 Å². The number of hydrogen-bond acceptors (Lipinski definition) is 3. The summed E-state index contributed by atoms with van der Waals surface area (Å²) in [7, 11) is 0. The summed E-state index contributed by atoms with van der Waals surface area (Å²) in [6, 6.07) is -1.27. The van der Waals surface area contributed by atoms with Gasteiger partial charge in [0.2, 0.25) is 5.91 Å². The molecule has 0 bridgehead atoms. The maximum absolute atomic E-state index is 11.5. The van der Waals surface area contributed by atoms with Gasteiger partial charge in [-0.25, -0.2) is 0 Å². The Balaban J connectivity index is 0. The molecule has 0 aliphatic rings. The zero-order valence-electron chi connectivity index (χ0n) is 10.3. The van der Waals surface area contributed by atoms with Crippen LogP contribution in [0.4, 0.5) is 0 Å². The molecule has 1 amide bonds. The number of carbonyl (C=O) groups is 2. The number of halogens is 1. The van der Waals surface area contributed by atoms with Gasteiger partial charge in [-0.15, -0.1) is 12.4 Å². The lowest BCUT2D eigenvalue weighted by Gasteiger charge is -2.25. The molecule has 0 heterocycles. The monoisotopic (exact) mass is 252 g/mol.